The molecule has 0 aliphatic carbocycles. The van der Waals surface area contributed by atoms with Crippen LogP contribution in [-0.4, -0.2) is 16.2 Å². The predicted octanol–water partition coefficient (Wildman–Crippen LogP) is 5.73. The number of hydrogen-bond donors (Lipinski definition) is 0. The Labute approximate surface area is 150 Å². The van der Waals surface area contributed by atoms with Gasteiger partial charge in [-0.05, 0) is 43.7 Å². The SMILES string of the molecule is CC1c2c(Br)cccc2C(c2ccc3ncccc3c2)=NC1(C)C. The number of benzene rings is 2. The van der Waals surface area contributed by atoms with Gasteiger partial charge in [0.15, 0.2) is 0 Å². The van der Waals surface area contributed by atoms with Gasteiger partial charge >= 0.3 is 0 Å². The van der Waals surface area contributed by atoms with E-state index in [9.17, 15) is 0 Å². The van der Waals surface area contributed by atoms with E-state index in [4.69, 9.17) is 4.99 Å². The molecule has 3 heteroatoms. The standard InChI is InChI=1S/C21H19BrN2/c1-13-19-16(7-4-8-17(19)22)20(24-21(13,2)3)15-9-10-18-14(12-15)6-5-11-23-18/h4-13H,1-3H3. The summed E-state index contributed by atoms with van der Waals surface area (Å²) in [5.74, 6) is 0.356. The highest BCUT2D eigenvalue weighted by Gasteiger charge is 2.35. The van der Waals surface area contributed by atoms with Gasteiger partial charge in [-0.1, -0.05) is 47.1 Å². The summed E-state index contributed by atoms with van der Waals surface area (Å²) in [5, 5.41) is 1.14. The number of nitrogens with zero attached hydrogens (tertiary/aromatic N) is 2. The van der Waals surface area contributed by atoms with Crippen molar-refractivity contribution in [2.24, 2.45) is 4.99 Å². The van der Waals surface area contributed by atoms with Crippen molar-refractivity contribution in [1.82, 2.24) is 4.98 Å². The highest BCUT2D eigenvalue weighted by atomic mass is 79.9. The Morgan fingerprint density at radius 1 is 1.04 bits per heavy atom. The third kappa shape index (κ3) is 2.39. The summed E-state index contributed by atoms with van der Waals surface area (Å²) in [6.07, 6.45) is 1.83. The second kappa shape index (κ2) is 5.52. The number of halogens is 1. The number of rotatable bonds is 1. The first-order valence-electron chi connectivity index (χ1n) is 8.21. The average Bonchev–Trinajstić information content (AvgIpc) is 2.58. The van der Waals surface area contributed by atoms with Crippen LogP contribution in [0, 0.1) is 0 Å². The Kier molecular flexibility index (Phi) is 3.57. The summed E-state index contributed by atoms with van der Waals surface area (Å²) >= 11 is 3.75. The first-order chi connectivity index (χ1) is 11.5. The number of hydrogen-bond acceptors (Lipinski definition) is 2. The van der Waals surface area contributed by atoms with E-state index in [1.165, 1.54) is 11.1 Å². The third-order valence-corrected chi connectivity index (χ3v) is 5.77. The molecule has 0 saturated heterocycles. The maximum Gasteiger partial charge on any atom is 0.0729 e. The maximum atomic E-state index is 5.13. The molecule has 0 amide bonds. The highest BCUT2D eigenvalue weighted by Crippen LogP contribution is 2.42. The second-order valence-electron chi connectivity index (χ2n) is 6.95. The molecule has 2 heterocycles. The molecule has 0 fully saturated rings. The van der Waals surface area contributed by atoms with Gasteiger partial charge < -0.3 is 0 Å². The fourth-order valence-electron chi connectivity index (χ4n) is 3.43. The molecule has 0 radical (unpaired) electrons. The van der Waals surface area contributed by atoms with Crippen LogP contribution in [0.15, 0.2) is 64.2 Å². The summed E-state index contributed by atoms with van der Waals surface area (Å²) < 4.78 is 1.16. The topological polar surface area (TPSA) is 25.2 Å². The smallest absolute Gasteiger partial charge is 0.0729 e. The van der Waals surface area contributed by atoms with E-state index in [-0.39, 0.29) is 5.54 Å². The molecule has 2 aromatic carbocycles. The number of aromatic nitrogens is 1. The zero-order valence-corrected chi connectivity index (χ0v) is 15.6. The lowest BCUT2D eigenvalue weighted by molar-refractivity contribution is 0.431. The van der Waals surface area contributed by atoms with Crippen LogP contribution >= 0.6 is 15.9 Å². The van der Waals surface area contributed by atoms with Crippen LogP contribution in [-0.2, 0) is 0 Å². The van der Waals surface area contributed by atoms with Gasteiger partial charge in [0, 0.05) is 33.1 Å². The molecule has 2 nitrogen and oxygen atoms in total. The van der Waals surface area contributed by atoms with E-state index < -0.39 is 0 Å². The first-order valence-corrected chi connectivity index (χ1v) is 9.00. The maximum absolute atomic E-state index is 5.13. The van der Waals surface area contributed by atoms with Gasteiger partial charge in [0.1, 0.15) is 0 Å². The van der Waals surface area contributed by atoms with Gasteiger partial charge in [-0.3, -0.25) is 9.98 Å². The van der Waals surface area contributed by atoms with Gasteiger partial charge in [-0.15, -0.1) is 0 Å². The van der Waals surface area contributed by atoms with Crippen LogP contribution in [0.3, 0.4) is 0 Å². The van der Waals surface area contributed by atoms with E-state index in [0.717, 1.165) is 26.7 Å². The second-order valence-corrected chi connectivity index (χ2v) is 7.80. The predicted molar refractivity (Wildman–Crippen MR) is 104 cm³/mol. The average molecular weight is 379 g/mol. The van der Waals surface area contributed by atoms with E-state index in [1.807, 2.05) is 12.3 Å². The highest BCUT2D eigenvalue weighted by molar-refractivity contribution is 9.10. The molecule has 0 spiro atoms. The minimum absolute atomic E-state index is 0.143. The number of fused-ring (bicyclic) bond motifs is 2. The molecule has 1 aliphatic heterocycles. The zero-order chi connectivity index (χ0) is 16.9. The minimum Gasteiger partial charge on any atom is -0.277 e. The largest absolute Gasteiger partial charge is 0.277 e. The fourth-order valence-corrected chi connectivity index (χ4v) is 4.13. The Bertz CT molecular complexity index is 972. The summed E-state index contributed by atoms with van der Waals surface area (Å²) in [6.45, 7) is 6.68. The molecule has 4 rings (SSSR count). The molecule has 24 heavy (non-hydrogen) atoms. The van der Waals surface area contributed by atoms with Crippen molar-refractivity contribution in [3.05, 3.63) is 75.9 Å². The van der Waals surface area contributed by atoms with Crippen LogP contribution in [0.25, 0.3) is 10.9 Å². The van der Waals surface area contributed by atoms with Crippen molar-refractivity contribution < 1.29 is 0 Å². The zero-order valence-electron chi connectivity index (χ0n) is 14.0. The lowest BCUT2D eigenvalue weighted by Gasteiger charge is -2.36. The molecular formula is C21H19BrN2. The molecule has 1 atom stereocenters. The van der Waals surface area contributed by atoms with Crippen LogP contribution in [0.1, 0.15) is 43.4 Å². The molecule has 1 aromatic heterocycles. The molecule has 120 valence electrons. The van der Waals surface area contributed by atoms with Crippen LogP contribution in [0.4, 0.5) is 0 Å². The third-order valence-electron chi connectivity index (χ3n) is 5.08. The summed E-state index contributed by atoms with van der Waals surface area (Å²) in [7, 11) is 0. The lowest BCUT2D eigenvalue weighted by atomic mass is 9.77. The Balaban J connectivity index is 1.97. The molecular weight excluding hydrogens is 360 g/mol. The van der Waals surface area contributed by atoms with Gasteiger partial charge in [-0.2, -0.15) is 0 Å². The normalized spacial score (nSPS) is 19.0. The van der Waals surface area contributed by atoms with Gasteiger partial charge in [0.2, 0.25) is 0 Å². The van der Waals surface area contributed by atoms with Gasteiger partial charge in [0.05, 0.1) is 16.8 Å². The van der Waals surface area contributed by atoms with Gasteiger partial charge in [0.25, 0.3) is 0 Å². The monoisotopic (exact) mass is 378 g/mol. The van der Waals surface area contributed by atoms with Crippen molar-refractivity contribution in [2.75, 3.05) is 0 Å². The van der Waals surface area contributed by atoms with E-state index in [2.05, 4.69) is 84.1 Å². The molecule has 0 saturated carbocycles. The molecule has 0 bridgehead atoms. The van der Waals surface area contributed by atoms with Crippen molar-refractivity contribution in [2.45, 2.75) is 32.2 Å². The Hall–Kier alpha value is -2.00. The first kappa shape index (κ1) is 15.5. The fraction of sp³-hybridized carbons (Fsp3) is 0.238. The Morgan fingerprint density at radius 3 is 2.71 bits per heavy atom. The van der Waals surface area contributed by atoms with E-state index in [0.29, 0.717) is 5.92 Å². The summed E-state index contributed by atoms with van der Waals surface area (Å²) in [5.41, 5.74) is 5.66. The molecule has 1 unspecified atom stereocenters. The molecule has 1 aliphatic rings. The number of pyridine rings is 1. The summed E-state index contributed by atoms with van der Waals surface area (Å²) in [4.78, 5) is 9.55. The van der Waals surface area contributed by atoms with Gasteiger partial charge in [-0.25, -0.2) is 0 Å². The van der Waals surface area contributed by atoms with Crippen molar-refractivity contribution in [3.8, 4) is 0 Å². The Morgan fingerprint density at radius 2 is 1.88 bits per heavy atom. The van der Waals surface area contributed by atoms with Crippen molar-refractivity contribution >= 4 is 32.5 Å². The van der Waals surface area contributed by atoms with E-state index in [1.54, 1.807) is 0 Å². The van der Waals surface area contributed by atoms with Crippen LogP contribution < -0.4 is 0 Å². The van der Waals surface area contributed by atoms with Crippen molar-refractivity contribution in [3.63, 3.8) is 0 Å². The molecule has 0 N–H and O–H groups in total. The summed E-state index contributed by atoms with van der Waals surface area (Å²) in [6, 6.07) is 16.9. The number of aliphatic imine (C=N–C) groups is 1. The van der Waals surface area contributed by atoms with E-state index >= 15 is 0 Å². The van der Waals surface area contributed by atoms with Crippen molar-refractivity contribution in [1.29, 1.82) is 0 Å². The quantitative estimate of drug-likeness (QED) is 0.530. The van der Waals surface area contributed by atoms with Crippen LogP contribution in [0.2, 0.25) is 0 Å². The van der Waals surface area contributed by atoms with Crippen LogP contribution in [0.5, 0.6) is 0 Å². The molecule has 3 aromatic rings. The lowest BCUT2D eigenvalue weighted by Crippen LogP contribution is -2.33. The minimum atomic E-state index is -0.143.